The summed E-state index contributed by atoms with van der Waals surface area (Å²) in [5, 5.41) is 2.77. The number of nitrogens with zero attached hydrogens (tertiary/aromatic N) is 2. The predicted molar refractivity (Wildman–Crippen MR) is 160 cm³/mol. The maximum absolute atomic E-state index is 9.75. The van der Waals surface area contributed by atoms with Crippen molar-refractivity contribution in [2.24, 2.45) is 7.05 Å². The molecule has 6 rings (SSSR count). The van der Waals surface area contributed by atoms with Crippen molar-refractivity contribution in [2.75, 3.05) is 5.34 Å². The van der Waals surface area contributed by atoms with Crippen molar-refractivity contribution in [2.45, 2.75) is 0 Å². The van der Waals surface area contributed by atoms with Gasteiger partial charge in [-0.2, -0.15) is 4.57 Å². The lowest BCUT2D eigenvalue weighted by atomic mass is 9.94. The SMILES string of the molecule is ClCCl.Cn1c2ccccc2c2c(-c3ccccc3)c(-c3ccccc3)[n+](-c3ccccc3)cc21.F[B-](F)(F)F. The summed E-state index contributed by atoms with van der Waals surface area (Å²) in [5.41, 5.74) is 8.48. The number of aryl methyl sites for hydroxylation is 1. The van der Waals surface area contributed by atoms with Gasteiger partial charge >= 0.3 is 7.25 Å². The van der Waals surface area contributed by atoms with Crippen molar-refractivity contribution >= 4 is 52.3 Å². The molecule has 0 saturated carbocycles. The van der Waals surface area contributed by atoms with E-state index in [1.165, 1.54) is 44.2 Å². The number of halogens is 6. The lowest BCUT2D eigenvalue weighted by Gasteiger charge is -2.12. The molecule has 0 aliphatic rings. The Labute approximate surface area is 240 Å². The molecule has 0 spiro atoms. The van der Waals surface area contributed by atoms with E-state index in [9.17, 15) is 17.3 Å². The molecular formula is C31H25BCl2F4N2. The minimum absolute atomic E-state index is 0.194. The van der Waals surface area contributed by atoms with E-state index in [0.717, 1.165) is 5.69 Å². The Morgan fingerprint density at radius 3 is 1.65 bits per heavy atom. The lowest BCUT2D eigenvalue weighted by Crippen LogP contribution is -2.34. The highest BCUT2D eigenvalue weighted by molar-refractivity contribution is 6.50. The zero-order chi connectivity index (χ0) is 28.7. The van der Waals surface area contributed by atoms with Crippen molar-refractivity contribution in [3.63, 3.8) is 0 Å². The molecule has 2 nitrogen and oxygen atoms in total. The number of para-hydroxylation sites is 2. The standard InChI is InChI=1S/C30H23N2.CH2Cl2.BF4/c1-31-26-20-12-11-19-25(26)29-27(31)21-32(24-17-9-4-10-18-24)30(23-15-7-3-8-16-23)28(29)22-13-5-2-6-14-22;2-1-3;2-1(3,4)5/h2-21H,1H3;1H2;/q+1;;-1. The van der Waals surface area contributed by atoms with E-state index in [-0.39, 0.29) is 5.34 Å². The molecule has 0 bridgehead atoms. The van der Waals surface area contributed by atoms with Gasteiger partial charge in [0.05, 0.1) is 10.9 Å². The zero-order valence-corrected chi connectivity index (χ0v) is 23.0. The number of aromatic nitrogens is 2. The Kier molecular flexibility index (Phi) is 9.51. The Balaban J connectivity index is 0.000000412. The average molecular weight is 583 g/mol. The number of fused-ring (bicyclic) bond motifs is 3. The van der Waals surface area contributed by atoms with Crippen LogP contribution >= 0.6 is 23.2 Å². The number of pyridine rings is 1. The Hall–Kier alpha value is -3.81. The molecule has 0 radical (unpaired) electrons. The minimum Gasteiger partial charge on any atom is -0.418 e. The van der Waals surface area contributed by atoms with Gasteiger partial charge in [-0.25, -0.2) is 0 Å². The fraction of sp³-hybridized carbons (Fsp3) is 0.0645. The van der Waals surface area contributed by atoms with E-state index in [1.54, 1.807) is 0 Å². The molecule has 0 saturated heterocycles. The van der Waals surface area contributed by atoms with Crippen molar-refractivity contribution < 1.29 is 21.8 Å². The van der Waals surface area contributed by atoms with E-state index in [4.69, 9.17) is 23.2 Å². The van der Waals surface area contributed by atoms with Gasteiger partial charge in [0.25, 0.3) is 0 Å². The van der Waals surface area contributed by atoms with Crippen molar-refractivity contribution in [3.8, 4) is 28.1 Å². The summed E-state index contributed by atoms with van der Waals surface area (Å²) in [6.45, 7) is 0. The van der Waals surface area contributed by atoms with Crippen molar-refractivity contribution in [1.82, 2.24) is 4.57 Å². The van der Waals surface area contributed by atoms with E-state index in [1.807, 2.05) is 0 Å². The number of hydrogen-bond donors (Lipinski definition) is 0. The third-order valence-corrected chi connectivity index (χ3v) is 6.28. The highest BCUT2D eigenvalue weighted by Gasteiger charge is 2.28. The average Bonchev–Trinajstić information content (AvgIpc) is 3.24. The van der Waals surface area contributed by atoms with Crippen LogP contribution in [-0.4, -0.2) is 17.2 Å². The van der Waals surface area contributed by atoms with Crippen LogP contribution in [0.3, 0.4) is 0 Å². The summed E-state index contributed by atoms with van der Waals surface area (Å²) >= 11 is 9.53. The molecule has 40 heavy (non-hydrogen) atoms. The van der Waals surface area contributed by atoms with Crippen LogP contribution in [0.2, 0.25) is 0 Å². The van der Waals surface area contributed by atoms with E-state index >= 15 is 0 Å². The molecule has 4 aromatic carbocycles. The number of benzene rings is 4. The Morgan fingerprint density at radius 2 is 1.10 bits per heavy atom. The second-order valence-corrected chi connectivity index (χ2v) is 9.53. The van der Waals surface area contributed by atoms with Crippen LogP contribution in [0.4, 0.5) is 17.3 Å². The molecule has 0 aliphatic heterocycles. The molecule has 2 aromatic heterocycles. The lowest BCUT2D eigenvalue weighted by molar-refractivity contribution is -0.582. The van der Waals surface area contributed by atoms with Crippen LogP contribution in [0.15, 0.2) is 121 Å². The third-order valence-electron chi connectivity index (χ3n) is 6.28. The van der Waals surface area contributed by atoms with Gasteiger partial charge in [0, 0.05) is 41.0 Å². The smallest absolute Gasteiger partial charge is 0.418 e. The highest BCUT2D eigenvalue weighted by atomic mass is 35.5. The Morgan fingerprint density at radius 1 is 0.650 bits per heavy atom. The van der Waals surface area contributed by atoms with Crippen LogP contribution in [0.1, 0.15) is 0 Å². The van der Waals surface area contributed by atoms with Gasteiger partial charge in [-0.15, -0.1) is 23.2 Å². The molecule has 0 aliphatic carbocycles. The first-order chi connectivity index (χ1) is 19.2. The molecule has 2 heterocycles. The molecule has 0 atom stereocenters. The van der Waals surface area contributed by atoms with Gasteiger partial charge in [0.1, 0.15) is 5.52 Å². The molecule has 0 amide bonds. The minimum atomic E-state index is -6.00. The molecule has 0 unspecified atom stereocenters. The first kappa shape index (κ1) is 29.2. The van der Waals surface area contributed by atoms with Crippen LogP contribution < -0.4 is 4.57 Å². The molecule has 9 heteroatoms. The summed E-state index contributed by atoms with van der Waals surface area (Å²) in [5.74, 6) is 0. The van der Waals surface area contributed by atoms with Crippen molar-refractivity contribution in [3.05, 3.63) is 121 Å². The van der Waals surface area contributed by atoms with Gasteiger partial charge < -0.3 is 21.8 Å². The van der Waals surface area contributed by atoms with Gasteiger partial charge in [-0.1, -0.05) is 84.9 Å². The topological polar surface area (TPSA) is 8.81 Å². The highest BCUT2D eigenvalue weighted by Crippen LogP contribution is 2.40. The number of hydrogen-bond acceptors (Lipinski definition) is 0. The normalized spacial score (nSPS) is 11.0. The second-order valence-electron chi connectivity index (χ2n) is 8.72. The van der Waals surface area contributed by atoms with E-state index in [2.05, 4.69) is 138 Å². The molecule has 6 aromatic rings. The van der Waals surface area contributed by atoms with Crippen LogP contribution in [-0.2, 0) is 7.05 Å². The van der Waals surface area contributed by atoms with Gasteiger partial charge in [0.15, 0.2) is 6.20 Å². The van der Waals surface area contributed by atoms with Crippen LogP contribution in [0.5, 0.6) is 0 Å². The Bertz CT molecular complexity index is 1690. The summed E-state index contributed by atoms with van der Waals surface area (Å²) in [6.07, 6.45) is 2.29. The fourth-order valence-electron chi connectivity index (χ4n) is 4.81. The quantitative estimate of drug-likeness (QED) is 0.0850. The van der Waals surface area contributed by atoms with Crippen LogP contribution in [0, 0.1) is 0 Å². The molecular weight excluding hydrogens is 558 g/mol. The first-order valence-corrected chi connectivity index (χ1v) is 13.4. The van der Waals surface area contributed by atoms with E-state index < -0.39 is 7.25 Å². The number of alkyl halides is 2. The van der Waals surface area contributed by atoms with Gasteiger partial charge in [0.2, 0.25) is 11.4 Å². The maximum Gasteiger partial charge on any atom is 0.673 e. The molecule has 204 valence electrons. The van der Waals surface area contributed by atoms with Gasteiger partial charge in [-0.3, -0.25) is 0 Å². The summed E-state index contributed by atoms with van der Waals surface area (Å²) in [4.78, 5) is 0. The van der Waals surface area contributed by atoms with Crippen molar-refractivity contribution in [1.29, 1.82) is 0 Å². The summed E-state index contributed by atoms with van der Waals surface area (Å²) < 4.78 is 43.7. The number of rotatable bonds is 3. The summed E-state index contributed by atoms with van der Waals surface area (Å²) in [7, 11) is -3.84. The largest absolute Gasteiger partial charge is 0.673 e. The summed E-state index contributed by atoms with van der Waals surface area (Å²) in [6, 6.07) is 40.8. The fourth-order valence-corrected chi connectivity index (χ4v) is 4.81. The zero-order valence-electron chi connectivity index (χ0n) is 21.5. The molecule has 0 N–H and O–H groups in total. The third kappa shape index (κ3) is 6.66. The predicted octanol–water partition coefficient (Wildman–Crippen LogP) is 9.66. The van der Waals surface area contributed by atoms with Gasteiger partial charge in [-0.05, 0) is 23.8 Å². The van der Waals surface area contributed by atoms with E-state index in [0.29, 0.717) is 0 Å². The maximum atomic E-state index is 9.75. The monoisotopic (exact) mass is 582 g/mol. The molecule has 0 fully saturated rings. The first-order valence-electron chi connectivity index (χ1n) is 12.4. The van der Waals surface area contributed by atoms with Crippen LogP contribution in [0.25, 0.3) is 49.9 Å². The second kappa shape index (κ2) is 13.0.